The van der Waals surface area contributed by atoms with Gasteiger partial charge >= 0.3 is 0 Å². The number of thiazole rings is 1. The van der Waals surface area contributed by atoms with Crippen LogP contribution in [0.4, 0.5) is 0 Å². The minimum Gasteiger partial charge on any atom is -0.343 e. The predicted octanol–water partition coefficient (Wildman–Crippen LogP) is 4.52. The monoisotopic (exact) mass is 467 g/mol. The molecule has 5 heterocycles. The summed E-state index contributed by atoms with van der Waals surface area (Å²) in [5.74, 6) is 0. The second-order valence-corrected chi connectivity index (χ2v) is 9.69. The van der Waals surface area contributed by atoms with Gasteiger partial charge in [0.05, 0.1) is 28.9 Å². The Kier molecular flexibility index (Phi) is 5.62. The zero-order valence-electron chi connectivity index (χ0n) is 19.0. The Hall–Kier alpha value is -3.46. The van der Waals surface area contributed by atoms with Crippen LogP contribution in [0.5, 0.6) is 0 Å². The number of benzene rings is 1. The van der Waals surface area contributed by atoms with Gasteiger partial charge in [0.25, 0.3) is 0 Å². The standard InChI is InChI=1S/C26H25N7S/c1-17-3-2-4-23(32-17)25-24(30-16-31-25)18-5-6-22-19(11-18)12-20(13-28-22)26-29-14-21(34-26)15-33-9-7-27-8-10-33/h2-6,11-14,16,27H,7-10,15H2,1H3,(H,30,31). The van der Waals surface area contributed by atoms with Crippen molar-refractivity contribution in [3.8, 4) is 33.2 Å². The van der Waals surface area contributed by atoms with Gasteiger partial charge in [-0.2, -0.15) is 0 Å². The Balaban J connectivity index is 1.31. The molecule has 170 valence electrons. The number of aryl methyl sites for hydroxylation is 1. The maximum Gasteiger partial charge on any atom is 0.125 e. The van der Waals surface area contributed by atoms with Crippen molar-refractivity contribution < 1.29 is 0 Å². The number of H-pyrrole nitrogens is 1. The number of aromatic nitrogens is 5. The molecule has 0 unspecified atom stereocenters. The van der Waals surface area contributed by atoms with Crippen LogP contribution in [0.15, 0.2) is 61.2 Å². The van der Waals surface area contributed by atoms with Gasteiger partial charge in [-0.1, -0.05) is 12.1 Å². The molecule has 1 aromatic carbocycles. The summed E-state index contributed by atoms with van der Waals surface area (Å²) in [7, 11) is 0. The smallest absolute Gasteiger partial charge is 0.125 e. The lowest BCUT2D eigenvalue weighted by Gasteiger charge is -2.26. The van der Waals surface area contributed by atoms with Crippen LogP contribution in [0, 0.1) is 6.92 Å². The lowest BCUT2D eigenvalue weighted by atomic mass is 10.0. The van der Waals surface area contributed by atoms with Gasteiger partial charge in [0.1, 0.15) is 5.01 Å². The number of pyridine rings is 2. The van der Waals surface area contributed by atoms with E-state index in [1.165, 1.54) is 4.88 Å². The summed E-state index contributed by atoms with van der Waals surface area (Å²) in [6.07, 6.45) is 5.66. The van der Waals surface area contributed by atoms with Crippen molar-refractivity contribution >= 4 is 22.2 Å². The number of hydrogen-bond acceptors (Lipinski definition) is 7. The van der Waals surface area contributed by atoms with E-state index < -0.39 is 0 Å². The fraction of sp³-hybridized carbons (Fsp3) is 0.231. The number of fused-ring (bicyclic) bond motifs is 1. The molecule has 5 aromatic rings. The van der Waals surface area contributed by atoms with Crippen LogP contribution >= 0.6 is 11.3 Å². The molecule has 0 amide bonds. The molecule has 0 radical (unpaired) electrons. The minimum absolute atomic E-state index is 0.887. The first-order chi connectivity index (χ1) is 16.7. The van der Waals surface area contributed by atoms with E-state index in [1.54, 1.807) is 17.7 Å². The Labute approximate surface area is 202 Å². The van der Waals surface area contributed by atoms with Crippen LogP contribution in [0.3, 0.4) is 0 Å². The summed E-state index contributed by atoms with van der Waals surface area (Å²) >= 11 is 1.75. The molecule has 1 aliphatic rings. The van der Waals surface area contributed by atoms with Crippen LogP contribution < -0.4 is 5.32 Å². The Morgan fingerprint density at radius 1 is 0.971 bits per heavy atom. The maximum absolute atomic E-state index is 4.70. The van der Waals surface area contributed by atoms with Crippen molar-refractivity contribution in [1.29, 1.82) is 0 Å². The van der Waals surface area contributed by atoms with E-state index in [2.05, 4.69) is 43.4 Å². The Bertz CT molecular complexity index is 1450. The number of rotatable bonds is 5. The highest BCUT2D eigenvalue weighted by molar-refractivity contribution is 7.15. The van der Waals surface area contributed by atoms with E-state index >= 15 is 0 Å². The third kappa shape index (κ3) is 4.23. The van der Waals surface area contributed by atoms with E-state index in [1.807, 2.05) is 43.6 Å². The van der Waals surface area contributed by atoms with Crippen LogP contribution in [-0.2, 0) is 6.54 Å². The van der Waals surface area contributed by atoms with Crippen molar-refractivity contribution in [1.82, 2.24) is 35.1 Å². The zero-order chi connectivity index (χ0) is 22.9. The largest absolute Gasteiger partial charge is 0.343 e. The molecule has 1 aliphatic heterocycles. The highest BCUT2D eigenvalue weighted by Gasteiger charge is 2.15. The molecule has 1 saturated heterocycles. The molecule has 0 saturated carbocycles. The summed E-state index contributed by atoms with van der Waals surface area (Å²) in [6, 6.07) is 14.5. The molecule has 6 rings (SSSR count). The van der Waals surface area contributed by atoms with Crippen molar-refractivity contribution in [2.24, 2.45) is 0 Å². The second-order valence-electron chi connectivity index (χ2n) is 8.58. The van der Waals surface area contributed by atoms with Crippen LogP contribution in [0.1, 0.15) is 10.6 Å². The van der Waals surface area contributed by atoms with Crippen molar-refractivity contribution in [2.75, 3.05) is 26.2 Å². The predicted molar refractivity (Wildman–Crippen MR) is 137 cm³/mol. The maximum atomic E-state index is 4.70. The fourth-order valence-corrected chi connectivity index (χ4v) is 5.33. The zero-order valence-corrected chi connectivity index (χ0v) is 19.8. The molecular weight excluding hydrogens is 442 g/mol. The van der Waals surface area contributed by atoms with Crippen LogP contribution in [0.2, 0.25) is 0 Å². The van der Waals surface area contributed by atoms with Gasteiger partial charge in [0.2, 0.25) is 0 Å². The van der Waals surface area contributed by atoms with Gasteiger partial charge in [-0.3, -0.25) is 14.9 Å². The number of nitrogens with zero attached hydrogens (tertiary/aromatic N) is 5. The molecule has 7 nitrogen and oxygen atoms in total. The van der Waals surface area contributed by atoms with Gasteiger partial charge in [0.15, 0.2) is 0 Å². The van der Waals surface area contributed by atoms with Crippen LogP contribution in [0.25, 0.3) is 44.1 Å². The van der Waals surface area contributed by atoms with Gasteiger partial charge in [-0.15, -0.1) is 11.3 Å². The van der Waals surface area contributed by atoms with E-state index in [0.29, 0.717) is 0 Å². The number of imidazole rings is 1. The average Bonchev–Trinajstić information content (AvgIpc) is 3.54. The first kappa shape index (κ1) is 21.1. The first-order valence-electron chi connectivity index (χ1n) is 11.5. The third-order valence-corrected chi connectivity index (χ3v) is 7.16. The van der Waals surface area contributed by atoms with Crippen LogP contribution in [-0.4, -0.2) is 56.0 Å². The van der Waals surface area contributed by atoms with Gasteiger partial charge in [-0.25, -0.2) is 9.97 Å². The molecule has 34 heavy (non-hydrogen) atoms. The highest BCUT2D eigenvalue weighted by Crippen LogP contribution is 2.32. The van der Waals surface area contributed by atoms with Gasteiger partial charge in [0, 0.05) is 72.2 Å². The van der Waals surface area contributed by atoms with E-state index in [0.717, 1.165) is 82.5 Å². The SMILES string of the molecule is Cc1cccc(-c2[nH]cnc2-c2ccc3ncc(-c4ncc(CN5CCNCC5)s4)cc3c2)n1. The summed E-state index contributed by atoms with van der Waals surface area (Å²) in [6.45, 7) is 7.23. The number of aromatic amines is 1. The normalized spacial score (nSPS) is 14.6. The van der Waals surface area contributed by atoms with Gasteiger partial charge in [-0.05, 0) is 37.3 Å². The quantitative estimate of drug-likeness (QED) is 0.395. The van der Waals surface area contributed by atoms with Crippen molar-refractivity contribution in [3.63, 3.8) is 0 Å². The molecule has 0 atom stereocenters. The molecule has 0 aliphatic carbocycles. The molecule has 0 spiro atoms. The number of hydrogen-bond donors (Lipinski definition) is 2. The fourth-order valence-electron chi connectivity index (χ4n) is 4.39. The molecule has 2 N–H and O–H groups in total. The lowest BCUT2D eigenvalue weighted by Crippen LogP contribution is -2.42. The first-order valence-corrected chi connectivity index (χ1v) is 12.3. The topological polar surface area (TPSA) is 82.6 Å². The second kappa shape index (κ2) is 9.06. The lowest BCUT2D eigenvalue weighted by molar-refractivity contribution is 0.235. The van der Waals surface area contributed by atoms with E-state index in [-0.39, 0.29) is 0 Å². The van der Waals surface area contributed by atoms with Crippen molar-refractivity contribution in [3.05, 3.63) is 71.8 Å². The summed E-state index contributed by atoms with van der Waals surface area (Å²) < 4.78 is 0. The molecule has 0 bridgehead atoms. The number of piperazine rings is 1. The highest BCUT2D eigenvalue weighted by atomic mass is 32.1. The summed E-state index contributed by atoms with van der Waals surface area (Å²) in [4.78, 5) is 25.7. The third-order valence-electron chi connectivity index (χ3n) is 6.13. The van der Waals surface area contributed by atoms with E-state index in [4.69, 9.17) is 9.97 Å². The minimum atomic E-state index is 0.887. The molecule has 8 heteroatoms. The summed E-state index contributed by atoms with van der Waals surface area (Å²) in [5, 5.41) is 5.48. The molecular formula is C26H25N7S. The number of nitrogens with one attached hydrogen (secondary N) is 2. The molecule has 4 aromatic heterocycles. The Morgan fingerprint density at radius 2 is 1.85 bits per heavy atom. The Morgan fingerprint density at radius 3 is 2.74 bits per heavy atom. The van der Waals surface area contributed by atoms with E-state index in [9.17, 15) is 0 Å². The average molecular weight is 468 g/mol. The molecule has 1 fully saturated rings. The van der Waals surface area contributed by atoms with Gasteiger partial charge < -0.3 is 10.3 Å². The van der Waals surface area contributed by atoms with Crippen molar-refractivity contribution in [2.45, 2.75) is 13.5 Å². The summed E-state index contributed by atoms with van der Waals surface area (Å²) in [5.41, 5.74) is 6.70.